The minimum atomic E-state index is 0.276. The second kappa shape index (κ2) is 5.35. The maximum atomic E-state index is 10.3. The third kappa shape index (κ3) is 3.08. The monoisotopic (exact) mass is 256 g/mol. The summed E-state index contributed by atoms with van der Waals surface area (Å²) in [6.07, 6.45) is 1.45. The molecule has 2 heteroatoms. The van der Waals surface area contributed by atoms with E-state index in [4.69, 9.17) is 0 Å². The molecule has 0 aromatic heterocycles. The Balaban J connectivity index is 2.40. The number of rotatable bonds is 3. The first-order valence-electron chi connectivity index (χ1n) is 6.60. The molecule has 0 aliphatic rings. The molecule has 0 unspecified atom stereocenters. The van der Waals surface area contributed by atoms with Crippen LogP contribution in [0.5, 0.6) is 11.5 Å². The van der Waals surface area contributed by atoms with E-state index in [1.54, 1.807) is 12.1 Å². The predicted octanol–water partition coefficient (Wildman–Crippen LogP) is 3.87. The Hall–Kier alpha value is -1.96. The number of phenols is 2. The van der Waals surface area contributed by atoms with Gasteiger partial charge in [0.2, 0.25) is 0 Å². The zero-order valence-corrected chi connectivity index (χ0v) is 11.7. The van der Waals surface area contributed by atoms with Gasteiger partial charge in [-0.05, 0) is 54.7 Å². The van der Waals surface area contributed by atoms with Crippen LogP contribution in [0, 0.1) is 13.8 Å². The molecule has 0 aliphatic heterocycles. The van der Waals surface area contributed by atoms with Gasteiger partial charge >= 0.3 is 0 Å². The van der Waals surface area contributed by atoms with Crippen LogP contribution >= 0.6 is 0 Å². The minimum Gasteiger partial charge on any atom is -0.508 e. The van der Waals surface area contributed by atoms with Crippen LogP contribution in [0.3, 0.4) is 0 Å². The Labute approximate surface area is 114 Å². The van der Waals surface area contributed by atoms with Gasteiger partial charge in [-0.1, -0.05) is 30.7 Å². The number of hydrogen-bond donors (Lipinski definition) is 2. The normalized spacial score (nSPS) is 10.7. The molecule has 0 amide bonds. The Morgan fingerprint density at radius 1 is 0.842 bits per heavy atom. The van der Waals surface area contributed by atoms with Gasteiger partial charge in [0, 0.05) is 6.42 Å². The van der Waals surface area contributed by atoms with Crippen molar-refractivity contribution in [1.29, 1.82) is 0 Å². The van der Waals surface area contributed by atoms with Crippen molar-refractivity contribution in [1.82, 2.24) is 0 Å². The van der Waals surface area contributed by atoms with Crippen molar-refractivity contribution in [3.05, 3.63) is 58.1 Å². The number of hydrogen-bond acceptors (Lipinski definition) is 2. The van der Waals surface area contributed by atoms with Gasteiger partial charge in [-0.25, -0.2) is 0 Å². The topological polar surface area (TPSA) is 40.5 Å². The number of benzene rings is 2. The van der Waals surface area contributed by atoms with E-state index in [1.807, 2.05) is 39.0 Å². The fraction of sp³-hybridized carbons (Fsp3) is 0.294. The third-order valence-electron chi connectivity index (χ3n) is 3.31. The van der Waals surface area contributed by atoms with Crippen LogP contribution in [0.1, 0.15) is 34.7 Å². The molecule has 0 heterocycles. The predicted molar refractivity (Wildman–Crippen MR) is 77.9 cm³/mol. The lowest BCUT2D eigenvalue weighted by atomic mass is 9.97. The highest BCUT2D eigenvalue weighted by Gasteiger charge is 2.09. The molecule has 2 nitrogen and oxygen atoms in total. The maximum absolute atomic E-state index is 10.3. The van der Waals surface area contributed by atoms with Crippen LogP contribution in [-0.2, 0) is 12.8 Å². The molecule has 100 valence electrons. The maximum Gasteiger partial charge on any atom is 0.122 e. The highest BCUT2D eigenvalue weighted by atomic mass is 16.3. The van der Waals surface area contributed by atoms with E-state index in [0.717, 1.165) is 34.2 Å². The van der Waals surface area contributed by atoms with E-state index in [2.05, 4.69) is 0 Å². The molecule has 0 saturated heterocycles. The van der Waals surface area contributed by atoms with Crippen LogP contribution in [0.15, 0.2) is 30.3 Å². The molecule has 2 aromatic rings. The van der Waals surface area contributed by atoms with Gasteiger partial charge in [-0.15, -0.1) is 0 Å². The smallest absolute Gasteiger partial charge is 0.122 e. The van der Waals surface area contributed by atoms with Crippen molar-refractivity contribution in [2.45, 2.75) is 33.6 Å². The van der Waals surface area contributed by atoms with Gasteiger partial charge < -0.3 is 10.2 Å². The summed E-state index contributed by atoms with van der Waals surface area (Å²) in [5.41, 5.74) is 5.09. The molecule has 2 N–H and O–H groups in total. The summed E-state index contributed by atoms with van der Waals surface area (Å²) in [6.45, 7) is 6.03. The first-order chi connectivity index (χ1) is 8.99. The van der Waals surface area contributed by atoms with Crippen LogP contribution in [0.25, 0.3) is 0 Å². The summed E-state index contributed by atoms with van der Waals surface area (Å²) < 4.78 is 0. The van der Waals surface area contributed by atoms with Gasteiger partial charge in [0.25, 0.3) is 0 Å². The summed E-state index contributed by atoms with van der Waals surface area (Å²) in [7, 11) is 0. The Morgan fingerprint density at radius 2 is 1.47 bits per heavy atom. The molecule has 0 spiro atoms. The fourth-order valence-electron chi connectivity index (χ4n) is 2.50. The summed E-state index contributed by atoms with van der Waals surface area (Å²) in [4.78, 5) is 0. The first kappa shape index (κ1) is 13.5. The molecule has 0 atom stereocenters. The number of aryl methyl sites for hydroxylation is 3. The third-order valence-corrected chi connectivity index (χ3v) is 3.31. The Kier molecular flexibility index (Phi) is 3.79. The van der Waals surface area contributed by atoms with E-state index in [0.29, 0.717) is 12.2 Å². The SMILES string of the molecule is CCc1cc(C)cc(Cc2cc(C)cc(O)c2)c1O. The number of aromatic hydroxyl groups is 2. The van der Waals surface area contributed by atoms with Gasteiger partial charge in [0.05, 0.1) is 0 Å². The van der Waals surface area contributed by atoms with Crippen LogP contribution in [0.2, 0.25) is 0 Å². The summed E-state index contributed by atoms with van der Waals surface area (Å²) >= 11 is 0. The highest BCUT2D eigenvalue weighted by Crippen LogP contribution is 2.28. The molecular formula is C17H20O2. The van der Waals surface area contributed by atoms with E-state index in [1.165, 1.54) is 0 Å². The van der Waals surface area contributed by atoms with E-state index in [-0.39, 0.29) is 5.75 Å². The zero-order chi connectivity index (χ0) is 14.0. The van der Waals surface area contributed by atoms with Crippen molar-refractivity contribution in [3.8, 4) is 11.5 Å². The van der Waals surface area contributed by atoms with E-state index in [9.17, 15) is 10.2 Å². The van der Waals surface area contributed by atoms with Crippen LogP contribution < -0.4 is 0 Å². The first-order valence-corrected chi connectivity index (χ1v) is 6.60. The van der Waals surface area contributed by atoms with Crippen molar-refractivity contribution in [3.63, 3.8) is 0 Å². The van der Waals surface area contributed by atoms with Crippen molar-refractivity contribution < 1.29 is 10.2 Å². The zero-order valence-electron chi connectivity index (χ0n) is 11.7. The van der Waals surface area contributed by atoms with Crippen molar-refractivity contribution in [2.75, 3.05) is 0 Å². The minimum absolute atomic E-state index is 0.276. The lowest BCUT2D eigenvalue weighted by Gasteiger charge is -2.11. The number of phenolic OH excluding ortho intramolecular Hbond substituents is 2. The summed E-state index contributed by atoms with van der Waals surface area (Å²) in [5, 5.41) is 19.9. The second-order valence-corrected chi connectivity index (χ2v) is 5.14. The van der Waals surface area contributed by atoms with E-state index >= 15 is 0 Å². The molecule has 0 fully saturated rings. The van der Waals surface area contributed by atoms with Gasteiger partial charge in [-0.3, -0.25) is 0 Å². The molecule has 2 rings (SSSR count). The van der Waals surface area contributed by atoms with Crippen LogP contribution in [-0.4, -0.2) is 10.2 Å². The van der Waals surface area contributed by atoms with Gasteiger partial charge in [0.15, 0.2) is 0 Å². The van der Waals surface area contributed by atoms with Crippen molar-refractivity contribution in [2.24, 2.45) is 0 Å². The lowest BCUT2D eigenvalue weighted by Crippen LogP contribution is -1.94. The van der Waals surface area contributed by atoms with Crippen LogP contribution in [0.4, 0.5) is 0 Å². The largest absolute Gasteiger partial charge is 0.508 e. The fourth-order valence-corrected chi connectivity index (χ4v) is 2.50. The van der Waals surface area contributed by atoms with Gasteiger partial charge in [0.1, 0.15) is 11.5 Å². The molecule has 19 heavy (non-hydrogen) atoms. The molecular weight excluding hydrogens is 236 g/mol. The van der Waals surface area contributed by atoms with E-state index < -0.39 is 0 Å². The van der Waals surface area contributed by atoms with Crippen molar-refractivity contribution >= 4 is 0 Å². The molecule has 2 aromatic carbocycles. The average molecular weight is 256 g/mol. The summed E-state index contributed by atoms with van der Waals surface area (Å²) in [5.74, 6) is 0.659. The Morgan fingerprint density at radius 3 is 2.11 bits per heavy atom. The lowest BCUT2D eigenvalue weighted by molar-refractivity contribution is 0.462. The summed E-state index contributed by atoms with van der Waals surface area (Å²) in [6, 6.07) is 9.55. The quantitative estimate of drug-likeness (QED) is 0.875. The molecule has 0 saturated carbocycles. The highest BCUT2D eigenvalue weighted by molar-refractivity contribution is 5.46. The molecule has 0 aliphatic carbocycles. The average Bonchev–Trinajstić information content (AvgIpc) is 2.32. The molecule has 0 radical (unpaired) electrons. The Bertz CT molecular complexity index is 580. The standard InChI is InChI=1S/C17H20O2/c1-4-14-6-12(3)7-15(17(14)19)9-13-5-11(2)8-16(18)10-13/h5-8,10,18-19H,4,9H2,1-3H3. The second-order valence-electron chi connectivity index (χ2n) is 5.14. The molecule has 0 bridgehead atoms. The van der Waals surface area contributed by atoms with Gasteiger partial charge in [-0.2, -0.15) is 0 Å².